The summed E-state index contributed by atoms with van der Waals surface area (Å²) in [6.45, 7) is 3.92. The lowest BCUT2D eigenvalue weighted by molar-refractivity contribution is -0.154. The van der Waals surface area contributed by atoms with Crippen LogP contribution in [0.2, 0.25) is 0 Å². The SMILES string of the molecule is Cc1nn(C)c2nc(N3CCN4C(=O)CN(C)C(=O)C4C3)sc12. The van der Waals surface area contributed by atoms with E-state index in [0.29, 0.717) is 19.6 Å². The van der Waals surface area contributed by atoms with E-state index in [1.807, 2.05) is 14.0 Å². The molecular formula is C14H18N6O2S. The molecule has 122 valence electrons. The molecule has 0 radical (unpaired) electrons. The van der Waals surface area contributed by atoms with Crippen LogP contribution >= 0.6 is 11.3 Å². The van der Waals surface area contributed by atoms with E-state index >= 15 is 0 Å². The average Bonchev–Trinajstić information content (AvgIpc) is 3.07. The number of thiazole rings is 1. The molecule has 0 aliphatic carbocycles. The number of rotatable bonds is 1. The number of likely N-dealkylation sites (N-methyl/N-ethyl adjacent to an activating group) is 1. The second-order valence-corrected chi connectivity index (χ2v) is 7.08. The second-order valence-electron chi connectivity index (χ2n) is 6.10. The van der Waals surface area contributed by atoms with Crippen LogP contribution in [0.3, 0.4) is 0 Å². The molecule has 4 rings (SSSR count). The molecule has 2 aliphatic heterocycles. The van der Waals surface area contributed by atoms with Gasteiger partial charge in [0, 0.05) is 33.7 Å². The lowest BCUT2D eigenvalue weighted by Gasteiger charge is -2.45. The van der Waals surface area contributed by atoms with E-state index in [0.717, 1.165) is 21.2 Å². The highest BCUT2D eigenvalue weighted by Crippen LogP contribution is 2.32. The van der Waals surface area contributed by atoms with Gasteiger partial charge in [-0.3, -0.25) is 9.59 Å². The van der Waals surface area contributed by atoms with Crippen molar-refractivity contribution in [2.75, 3.05) is 38.1 Å². The number of piperazine rings is 2. The maximum absolute atomic E-state index is 12.4. The zero-order chi connectivity index (χ0) is 16.3. The molecule has 2 fully saturated rings. The van der Waals surface area contributed by atoms with E-state index < -0.39 is 6.04 Å². The van der Waals surface area contributed by atoms with Crippen molar-refractivity contribution in [1.82, 2.24) is 24.6 Å². The van der Waals surface area contributed by atoms with E-state index in [1.54, 1.807) is 28.0 Å². The topological polar surface area (TPSA) is 74.6 Å². The van der Waals surface area contributed by atoms with Gasteiger partial charge in [-0.2, -0.15) is 5.10 Å². The van der Waals surface area contributed by atoms with Crippen molar-refractivity contribution in [1.29, 1.82) is 0 Å². The average molecular weight is 334 g/mol. The van der Waals surface area contributed by atoms with Crippen LogP contribution in [0.15, 0.2) is 0 Å². The molecule has 2 aliphatic rings. The molecule has 4 heterocycles. The predicted molar refractivity (Wildman–Crippen MR) is 86.5 cm³/mol. The fourth-order valence-corrected chi connectivity index (χ4v) is 4.37. The van der Waals surface area contributed by atoms with Crippen molar-refractivity contribution >= 4 is 38.6 Å². The van der Waals surface area contributed by atoms with E-state index in [9.17, 15) is 9.59 Å². The van der Waals surface area contributed by atoms with Gasteiger partial charge in [-0.05, 0) is 6.92 Å². The van der Waals surface area contributed by atoms with Gasteiger partial charge >= 0.3 is 0 Å². The van der Waals surface area contributed by atoms with Crippen molar-refractivity contribution < 1.29 is 9.59 Å². The number of carbonyl (C=O) groups excluding carboxylic acids is 2. The highest BCUT2D eigenvalue weighted by Gasteiger charge is 2.41. The van der Waals surface area contributed by atoms with Gasteiger partial charge < -0.3 is 14.7 Å². The highest BCUT2D eigenvalue weighted by molar-refractivity contribution is 7.22. The number of anilines is 1. The second kappa shape index (κ2) is 4.92. The minimum absolute atomic E-state index is 0.00765. The molecule has 0 saturated carbocycles. The Hall–Kier alpha value is -2.16. The molecule has 2 aromatic rings. The van der Waals surface area contributed by atoms with E-state index in [-0.39, 0.29) is 18.4 Å². The molecule has 2 amide bonds. The third kappa shape index (κ3) is 2.10. The summed E-state index contributed by atoms with van der Waals surface area (Å²) in [5.41, 5.74) is 1.83. The quantitative estimate of drug-likeness (QED) is 0.724. The van der Waals surface area contributed by atoms with Crippen LogP contribution in [0.5, 0.6) is 0 Å². The predicted octanol–water partition coefficient (Wildman–Crippen LogP) is -0.173. The van der Waals surface area contributed by atoms with E-state index in [2.05, 4.69) is 15.0 Å². The fourth-order valence-electron chi connectivity index (χ4n) is 3.30. The van der Waals surface area contributed by atoms with Gasteiger partial charge in [-0.25, -0.2) is 9.67 Å². The van der Waals surface area contributed by atoms with Crippen molar-refractivity contribution in [3.63, 3.8) is 0 Å². The summed E-state index contributed by atoms with van der Waals surface area (Å²) in [5.74, 6) is 0.0364. The number of aromatic nitrogens is 3. The largest absolute Gasteiger partial charge is 0.344 e. The Bertz CT molecular complexity index is 777. The van der Waals surface area contributed by atoms with Crippen LogP contribution in [0, 0.1) is 6.92 Å². The third-order valence-corrected chi connectivity index (χ3v) is 5.75. The standard InChI is InChI=1S/C14H18N6O2S/c1-8-11-12(18(3)16-8)15-14(23-11)19-4-5-20-9(6-19)13(22)17(2)7-10(20)21/h9H,4-7H2,1-3H3. The zero-order valence-corrected chi connectivity index (χ0v) is 14.1. The number of hydrogen-bond acceptors (Lipinski definition) is 6. The minimum Gasteiger partial charge on any atom is -0.344 e. The highest BCUT2D eigenvalue weighted by atomic mass is 32.1. The van der Waals surface area contributed by atoms with Crippen molar-refractivity contribution in [3.05, 3.63) is 5.69 Å². The molecule has 23 heavy (non-hydrogen) atoms. The molecule has 1 unspecified atom stereocenters. The Morgan fingerprint density at radius 1 is 1.22 bits per heavy atom. The number of aryl methyl sites for hydroxylation is 2. The van der Waals surface area contributed by atoms with Crippen LogP contribution in [0.1, 0.15) is 5.69 Å². The monoisotopic (exact) mass is 334 g/mol. The molecule has 1 atom stereocenters. The number of fused-ring (bicyclic) bond motifs is 2. The Morgan fingerprint density at radius 2 is 2.00 bits per heavy atom. The summed E-state index contributed by atoms with van der Waals surface area (Å²) >= 11 is 1.60. The summed E-state index contributed by atoms with van der Waals surface area (Å²) in [7, 11) is 3.57. The van der Waals surface area contributed by atoms with Gasteiger partial charge in [0.25, 0.3) is 0 Å². The third-order valence-electron chi connectivity index (χ3n) is 4.54. The Kier molecular flexibility index (Phi) is 3.09. The minimum atomic E-state index is -0.402. The van der Waals surface area contributed by atoms with Gasteiger partial charge in [0.1, 0.15) is 6.04 Å². The maximum Gasteiger partial charge on any atom is 0.247 e. The summed E-state index contributed by atoms with van der Waals surface area (Å²) < 4.78 is 2.86. The lowest BCUT2D eigenvalue weighted by atomic mass is 10.1. The van der Waals surface area contributed by atoms with E-state index in [1.165, 1.54) is 4.90 Å². The van der Waals surface area contributed by atoms with Gasteiger partial charge in [0.05, 0.1) is 16.9 Å². The summed E-state index contributed by atoms with van der Waals surface area (Å²) in [4.78, 5) is 34.5. The van der Waals surface area contributed by atoms with Crippen LogP contribution in [-0.2, 0) is 16.6 Å². The molecular weight excluding hydrogens is 316 g/mol. The molecule has 2 aromatic heterocycles. The maximum atomic E-state index is 12.4. The first-order valence-electron chi connectivity index (χ1n) is 7.55. The van der Waals surface area contributed by atoms with Crippen LogP contribution < -0.4 is 4.90 Å². The number of hydrogen-bond donors (Lipinski definition) is 0. The normalized spacial score (nSPS) is 22.2. The summed E-state index contributed by atoms with van der Waals surface area (Å²) in [5, 5.41) is 5.26. The van der Waals surface area contributed by atoms with Gasteiger partial charge in [-0.1, -0.05) is 11.3 Å². The van der Waals surface area contributed by atoms with Crippen LogP contribution in [-0.4, -0.2) is 75.6 Å². The van der Waals surface area contributed by atoms with Crippen LogP contribution in [0.4, 0.5) is 5.13 Å². The van der Waals surface area contributed by atoms with Crippen molar-refractivity contribution in [3.8, 4) is 0 Å². The Morgan fingerprint density at radius 3 is 2.74 bits per heavy atom. The van der Waals surface area contributed by atoms with Gasteiger partial charge in [0.2, 0.25) is 11.8 Å². The molecule has 9 heteroatoms. The molecule has 0 N–H and O–H groups in total. The first kappa shape index (κ1) is 14.4. The molecule has 2 saturated heterocycles. The van der Waals surface area contributed by atoms with Gasteiger partial charge in [-0.15, -0.1) is 0 Å². The smallest absolute Gasteiger partial charge is 0.247 e. The lowest BCUT2D eigenvalue weighted by Crippen LogP contribution is -2.66. The molecule has 0 aromatic carbocycles. The summed E-state index contributed by atoms with van der Waals surface area (Å²) in [6.07, 6.45) is 0. The first-order chi connectivity index (χ1) is 11.0. The van der Waals surface area contributed by atoms with Gasteiger partial charge in [0.15, 0.2) is 10.8 Å². The van der Waals surface area contributed by atoms with E-state index in [4.69, 9.17) is 0 Å². The van der Waals surface area contributed by atoms with Crippen molar-refractivity contribution in [2.45, 2.75) is 13.0 Å². The molecule has 8 nitrogen and oxygen atoms in total. The number of amides is 2. The molecule has 0 spiro atoms. The summed E-state index contributed by atoms with van der Waals surface area (Å²) in [6, 6.07) is -0.402. The Labute approximate surface area is 137 Å². The fraction of sp³-hybridized carbons (Fsp3) is 0.571. The zero-order valence-electron chi connectivity index (χ0n) is 13.3. The Balaban J connectivity index is 1.64. The number of nitrogens with zero attached hydrogens (tertiary/aromatic N) is 6. The van der Waals surface area contributed by atoms with Crippen molar-refractivity contribution in [2.24, 2.45) is 7.05 Å². The molecule has 0 bridgehead atoms. The van der Waals surface area contributed by atoms with Crippen LogP contribution in [0.25, 0.3) is 10.3 Å². The first-order valence-corrected chi connectivity index (χ1v) is 8.37. The number of carbonyl (C=O) groups is 2.